The molecule has 0 aromatic carbocycles. The molecule has 9 heteroatoms. The zero-order valence-electron chi connectivity index (χ0n) is 16.9. The van der Waals surface area contributed by atoms with E-state index in [0.717, 1.165) is 37.6 Å². The summed E-state index contributed by atoms with van der Waals surface area (Å²) in [6.07, 6.45) is 4.82. The van der Waals surface area contributed by atoms with Crippen molar-refractivity contribution in [3.05, 3.63) is 52.1 Å². The summed E-state index contributed by atoms with van der Waals surface area (Å²) < 4.78 is 3.37. The van der Waals surface area contributed by atoms with Gasteiger partial charge in [-0.1, -0.05) is 0 Å². The first-order valence-corrected chi connectivity index (χ1v) is 9.62. The molecule has 4 heterocycles. The molecule has 1 saturated heterocycles. The molecule has 3 aromatic rings. The molecule has 4 rings (SSSR count). The van der Waals surface area contributed by atoms with Crippen LogP contribution >= 0.6 is 0 Å². The van der Waals surface area contributed by atoms with Gasteiger partial charge in [0.15, 0.2) is 0 Å². The molecule has 1 amide bonds. The second-order valence-corrected chi connectivity index (χ2v) is 7.48. The van der Waals surface area contributed by atoms with Crippen molar-refractivity contribution in [3.63, 3.8) is 0 Å². The monoisotopic (exact) mass is 395 g/mol. The molecule has 0 unspecified atom stereocenters. The molecule has 1 fully saturated rings. The van der Waals surface area contributed by atoms with Crippen molar-refractivity contribution >= 4 is 22.8 Å². The van der Waals surface area contributed by atoms with Gasteiger partial charge in [0.1, 0.15) is 17.0 Å². The molecular formula is C20H25N7O2. The lowest BCUT2D eigenvalue weighted by molar-refractivity contribution is 0.0949. The number of likely N-dealkylation sites (N-methyl/N-ethyl adjacent to an activating group) is 1. The first-order valence-electron chi connectivity index (χ1n) is 9.62. The molecular weight excluding hydrogens is 370 g/mol. The van der Waals surface area contributed by atoms with E-state index in [1.54, 1.807) is 35.7 Å². The standard InChI is InChI=1S/C20H25N7O2/c1-24-6-8-27(9-7-24)17-10-14(4-5-21-17)11-22-19(29)16-13-25(2)20-15(18(16)28)12-23-26(20)3/h4-5,10,12-13H,6-9,11H2,1-3H3,(H,22,29). The van der Waals surface area contributed by atoms with E-state index in [1.807, 2.05) is 12.1 Å². The number of carbonyl (C=O) groups is 1. The third-order valence-electron chi connectivity index (χ3n) is 5.39. The van der Waals surface area contributed by atoms with Crippen molar-refractivity contribution in [2.75, 3.05) is 38.1 Å². The number of piperazine rings is 1. The molecule has 29 heavy (non-hydrogen) atoms. The maximum absolute atomic E-state index is 12.7. The topological polar surface area (TPSA) is 88.3 Å². The Balaban J connectivity index is 1.49. The Morgan fingerprint density at radius 1 is 1.17 bits per heavy atom. The molecule has 152 valence electrons. The van der Waals surface area contributed by atoms with Crippen molar-refractivity contribution in [2.45, 2.75) is 6.54 Å². The molecule has 0 spiro atoms. The third-order valence-corrected chi connectivity index (χ3v) is 5.39. The van der Waals surface area contributed by atoms with Gasteiger partial charge in [0, 0.05) is 59.2 Å². The number of nitrogens with zero attached hydrogens (tertiary/aromatic N) is 6. The van der Waals surface area contributed by atoms with Crippen LogP contribution in [-0.4, -0.2) is 63.4 Å². The first-order chi connectivity index (χ1) is 13.9. The van der Waals surface area contributed by atoms with E-state index >= 15 is 0 Å². The predicted octanol–water partition coefficient (Wildman–Crippen LogP) is 0.349. The average Bonchev–Trinajstić information content (AvgIpc) is 3.12. The number of amides is 1. The van der Waals surface area contributed by atoms with Gasteiger partial charge in [-0.25, -0.2) is 4.98 Å². The molecule has 0 radical (unpaired) electrons. The van der Waals surface area contributed by atoms with E-state index in [4.69, 9.17) is 0 Å². The summed E-state index contributed by atoms with van der Waals surface area (Å²) in [7, 11) is 5.68. The van der Waals surface area contributed by atoms with Crippen molar-refractivity contribution in [2.24, 2.45) is 14.1 Å². The van der Waals surface area contributed by atoms with Crippen LogP contribution in [-0.2, 0) is 20.6 Å². The molecule has 0 bridgehead atoms. The SMILES string of the molecule is CN1CCN(c2cc(CNC(=O)c3cn(C)c4c(cnn4C)c3=O)ccn2)CC1. The van der Waals surface area contributed by atoms with Gasteiger partial charge < -0.3 is 19.7 Å². The molecule has 1 aliphatic heterocycles. The Labute approximate surface area is 168 Å². The Morgan fingerprint density at radius 2 is 1.93 bits per heavy atom. The minimum Gasteiger partial charge on any atom is -0.354 e. The van der Waals surface area contributed by atoms with Gasteiger partial charge in [-0.15, -0.1) is 0 Å². The van der Waals surface area contributed by atoms with Crippen LogP contribution in [0.5, 0.6) is 0 Å². The molecule has 3 aromatic heterocycles. The Bertz CT molecular complexity index is 1110. The minimum absolute atomic E-state index is 0.112. The van der Waals surface area contributed by atoms with Crippen LogP contribution in [0, 0.1) is 0 Å². The van der Waals surface area contributed by atoms with Crippen molar-refractivity contribution in [3.8, 4) is 0 Å². The summed E-state index contributed by atoms with van der Waals surface area (Å²) in [4.78, 5) is 34.4. The van der Waals surface area contributed by atoms with Crippen molar-refractivity contribution in [1.29, 1.82) is 0 Å². The number of rotatable bonds is 4. The van der Waals surface area contributed by atoms with E-state index in [-0.39, 0.29) is 11.0 Å². The molecule has 1 aliphatic rings. The fraction of sp³-hybridized carbons (Fsp3) is 0.400. The summed E-state index contributed by atoms with van der Waals surface area (Å²) in [6, 6.07) is 3.87. The van der Waals surface area contributed by atoms with Crippen LogP contribution in [0.4, 0.5) is 5.82 Å². The Kier molecular flexibility index (Phi) is 5.06. The van der Waals surface area contributed by atoms with Gasteiger partial charge in [0.25, 0.3) is 5.91 Å². The summed E-state index contributed by atoms with van der Waals surface area (Å²) >= 11 is 0. The highest BCUT2D eigenvalue weighted by Crippen LogP contribution is 2.15. The number of aryl methyl sites for hydroxylation is 2. The molecule has 0 atom stereocenters. The quantitative estimate of drug-likeness (QED) is 0.686. The van der Waals surface area contributed by atoms with E-state index < -0.39 is 5.91 Å². The summed E-state index contributed by atoms with van der Waals surface area (Å²) in [5.74, 6) is 0.520. The lowest BCUT2D eigenvalue weighted by Crippen LogP contribution is -2.44. The molecule has 0 saturated carbocycles. The van der Waals surface area contributed by atoms with E-state index in [9.17, 15) is 9.59 Å². The van der Waals surface area contributed by atoms with Crippen LogP contribution < -0.4 is 15.6 Å². The first kappa shape index (κ1) is 19.1. The summed E-state index contributed by atoms with van der Waals surface area (Å²) in [5, 5.41) is 7.41. The van der Waals surface area contributed by atoms with Gasteiger partial charge in [-0.2, -0.15) is 5.10 Å². The van der Waals surface area contributed by atoms with Crippen molar-refractivity contribution in [1.82, 2.24) is 29.5 Å². The Hall–Kier alpha value is -3.20. The van der Waals surface area contributed by atoms with Crippen LogP contribution in [0.3, 0.4) is 0 Å². The second-order valence-electron chi connectivity index (χ2n) is 7.48. The fourth-order valence-electron chi connectivity index (χ4n) is 3.69. The maximum atomic E-state index is 12.7. The maximum Gasteiger partial charge on any atom is 0.257 e. The normalized spacial score (nSPS) is 15.1. The largest absolute Gasteiger partial charge is 0.354 e. The highest BCUT2D eigenvalue weighted by Gasteiger charge is 2.18. The van der Waals surface area contributed by atoms with Crippen LogP contribution in [0.15, 0.2) is 35.5 Å². The van der Waals surface area contributed by atoms with Crippen LogP contribution in [0.1, 0.15) is 15.9 Å². The number of hydrogen-bond donors (Lipinski definition) is 1. The van der Waals surface area contributed by atoms with Crippen molar-refractivity contribution < 1.29 is 4.79 Å². The zero-order valence-corrected chi connectivity index (χ0v) is 16.9. The number of carbonyl (C=O) groups excluding carboxylic acids is 1. The van der Waals surface area contributed by atoms with Crippen LogP contribution in [0.25, 0.3) is 11.0 Å². The number of anilines is 1. The van der Waals surface area contributed by atoms with Crippen LogP contribution in [0.2, 0.25) is 0 Å². The lowest BCUT2D eigenvalue weighted by atomic mass is 10.2. The zero-order chi connectivity index (χ0) is 20.5. The van der Waals surface area contributed by atoms with E-state index in [0.29, 0.717) is 17.6 Å². The van der Waals surface area contributed by atoms with E-state index in [2.05, 4.69) is 32.2 Å². The Morgan fingerprint density at radius 3 is 2.69 bits per heavy atom. The van der Waals surface area contributed by atoms with Gasteiger partial charge in [0.05, 0.1) is 11.6 Å². The van der Waals surface area contributed by atoms with Gasteiger partial charge in [-0.05, 0) is 24.7 Å². The summed E-state index contributed by atoms with van der Waals surface area (Å²) in [6.45, 7) is 4.20. The lowest BCUT2D eigenvalue weighted by Gasteiger charge is -2.33. The van der Waals surface area contributed by atoms with Gasteiger partial charge in [0.2, 0.25) is 5.43 Å². The average molecular weight is 395 g/mol. The molecule has 0 aliphatic carbocycles. The van der Waals surface area contributed by atoms with Gasteiger partial charge >= 0.3 is 0 Å². The van der Waals surface area contributed by atoms with E-state index in [1.165, 1.54) is 6.20 Å². The number of pyridine rings is 2. The second kappa shape index (κ2) is 7.67. The number of hydrogen-bond acceptors (Lipinski definition) is 6. The molecule has 1 N–H and O–H groups in total. The predicted molar refractivity (Wildman–Crippen MR) is 111 cm³/mol. The fourth-order valence-corrected chi connectivity index (χ4v) is 3.69. The smallest absolute Gasteiger partial charge is 0.257 e. The number of fused-ring (bicyclic) bond motifs is 1. The minimum atomic E-state index is -0.394. The van der Waals surface area contributed by atoms with Gasteiger partial charge in [-0.3, -0.25) is 14.3 Å². The number of aromatic nitrogens is 4. The molecule has 9 nitrogen and oxygen atoms in total. The third kappa shape index (κ3) is 3.73. The summed E-state index contributed by atoms with van der Waals surface area (Å²) in [5.41, 5.74) is 1.43. The highest BCUT2D eigenvalue weighted by molar-refractivity contribution is 5.96. The number of nitrogens with one attached hydrogen (secondary N) is 1. The highest BCUT2D eigenvalue weighted by atomic mass is 16.2.